The van der Waals surface area contributed by atoms with Gasteiger partial charge in [-0.25, -0.2) is 4.98 Å². The summed E-state index contributed by atoms with van der Waals surface area (Å²) in [5, 5.41) is 10.1. The second kappa shape index (κ2) is 11.5. The summed E-state index contributed by atoms with van der Waals surface area (Å²) in [7, 11) is 0. The monoisotopic (exact) mass is 529 g/mol. The highest BCUT2D eigenvalue weighted by Gasteiger charge is 2.24. The average Bonchev–Trinajstić information content (AvgIpc) is 3.39. The normalized spacial score (nSPS) is 14.4. The van der Waals surface area contributed by atoms with Gasteiger partial charge in [-0.1, -0.05) is 86.6 Å². The van der Waals surface area contributed by atoms with Gasteiger partial charge in [0.25, 0.3) is 0 Å². The number of anilines is 1. The Kier molecular flexibility index (Phi) is 7.50. The van der Waals surface area contributed by atoms with Crippen LogP contribution in [0, 0.1) is 11.3 Å². The van der Waals surface area contributed by atoms with Gasteiger partial charge >= 0.3 is 0 Å². The largest absolute Gasteiger partial charge is 0.367 e. The van der Waals surface area contributed by atoms with E-state index in [1.54, 1.807) is 0 Å². The maximum atomic E-state index is 10.1. The van der Waals surface area contributed by atoms with Gasteiger partial charge in [0.05, 0.1) is 23.2 Å². The van der Waals surface area contributed by atoms with Crippen molar-refractivity contribution in [3.8, 4) is 6.07 Å². The Morgan fingerprint density at radius 1 is 0.850 bits per heavy atom. The molecule has 0 radical (unpaired) electrons. The maximum Gasteiger partial charge on any atom is 0.157 e. The number of pyridine rings is 1. The Labute approximate surface area is 236 Å². The number of aromatic nitrogens is 2. The van der Waals surface area contributed by atoms with E-state index in [4.69, 9.17) is 9.72 Å². The molecular weight excluding hydrogens is 494 g/mol. The third-order valence-electron chi connectivity index (χ3n) is 7.91. The number of imidazole rings is 1. The van der Waals surface area contributed by atoms with Crippen LogP contribution in [0.1, 0.15) is 48.1 Å². The van der Waals surface area contributed by atoms with E-state index in [0.717, 1.165) is 60.8 Å². The molecule has 6 heteroatoms. The Hall–Kier alpha value is -4.18. The summed E-state index contributed by atoms with van der Waals surface area (Å²) in [4.78, 5) is 9.83. The summed E-state index contributed by atoms with van der Waals surface area (Å²) in [6.45, 7) is 9.57. The lowest BCUT2D eigenvalue weighted by molar-refractivity contribution is 0.0586. The molecule has 6 nitrogen and oxygen atoms in total. The first kappa shape index (κ1) is 26.1. The third kappa shape index (κ3) is 5.06. The van der Waals surface area contributed by atoms with E-state index in [2.05, 4.69) is 94.8 Å². The summed E-state index contributed by atoms with van der Waals surface area (Å²) in [5.74, 6) is 1.36. The Morgan fingerprint density at radius 2 is 1.48 bits per heavy atom. The molecule has 3 heterocycles. The Morgan fingerprint density at radius 3 is 2.10 bits per heavy atom. The van der Waals surface area contributed by atoms with Crippen LogP contribution >= 0.6 is 0 Å². The molecule has 1 aliphatic heterocycles. The van der Waals surface area contributed by atoms with Crippen molar-refractivity contribution in [1.82, 2.24) is 14.3 Å². The van der Waals surface area contributed by atoms with E-state index in [9.17, 15) is 5.26 Å². The van der Waals surface area contributed by atoms with Gasteiger partial charge in [-0.3, -0.25) is 9.30 Å². The lowest BCUT2D eigenvalue weighted by atomic mass is 9.98. The number of nitrogens with zero attached hydrogens (tertiary/aromatic N) is 5. The zero-order chi connectivity index (χ0) is 27.5. The summed E-state index contributed by atoms with van der Waals surface area (Å²) in [6.07, 6.45) is -0.0698. The molecule has 3 aromatic carbocycles. The van der Waals surface area contributed by atoms with E-state index >= 15 is 0 Å². The fourth-order valence-corrected chi connectivity index (χ4v) is 5.77. The Bertz CT molecular complexity index is 1590. The van der Waals surface area contributed by atoms with Crippen molar-refractivity contribution >= 4 is 22.5 Å². The van der Waals surface area contributed by atoms with Crippen molar-refractivity contribution in [3.63, 3.8) is 0 Å². The first-order chi connectivity index (χ1) is 19.6. The molecule has 2 aromatic heterocycles. The number of hydrogen-bond acceptors (Lipinski definition) is 5. The number of benzene rings is 3. The van der Waals surface area contributed by atoms with Gasteiger partial charge in [0.15, 0.2) is 5.65 Å². The summed E-state index contributed by atoms with van der Waals surface area (Å²) < 4.78 is 8.68. The minimum absolute atomic E-state index is 0.0698. The van der Waals surface area contributed by atoms with Crippen LogP contribution in [0.5, 0.6) is 0 Å². The molecule has 0 unspecified atom stereocenters. The molecule has 0 atom stereocenters. The topological polar surface area (TPSA) is 56.8 Å². The molecule has 1 fully saturated rings. The molecule has 0 bridgehead atoms. The number of rotatable bonds is 8. The predicted octanol–water partition coefficient (Wildman–Crippen LogP) is 6.41. The highest BCUT2D eigenvalue weighted by atomic mass is 16.5. The lowest BCUT2D eigenvalue weighted by Gasteiger charge is -2.37. The second-order valence-corrected chi connectivity index (χ2v) is 10.8. The summed E-state index contributed by atoms with van der Waals surface area (Å²) in [5.41, 5.74) is 6.81. The van der Waals surface area contributed by atoms with Crippen molar-refractivity contribution in [3.05, 3.63) is 113 Å². The number of ether oxygens (including phenoxy) is 1. The minimum atomic E-state index is -0.0698. The van der Waals surface area contributed by atoms with Crippen LogP contribution in [0.4, 0.5) is 5.82 Å². The number of fused-ring (bicyclic) bond motifs is 3. The molecule has 40 heavy (non-hydrogen) atoms. The number of para-hydroxylation sites is 2. The molecule has 0 N–H and O–H groups in total. The first-order valence-corrected chi connectivity index (χ1v) is 14.2. The number of piperazine rings is 1. The van der Waals surface area contributed by atoms with E-state index in [1.807, 2.05) is 30.3 Å². The number of nitriles is 1. The van der Waals surface area contributed by atoms with Gasteiger partial charge in [0, 0.05) is 32.7 Å². The number of hydrogen-bond donors (Lipinski definition) is 0. The van der Waals surface area contributed by atoms with Crippen molar-refractivity contribution in [1.29, 1.82) is 5.26 Å². The molecule has 6 rings (SSSR count). The van der Waals surface area contributed by atoms with E-state index in [1.165, 1.54) is 11.1 Å². The van der Waals surface area contributed by atoms with Crippen molar-refractivity contribution in [2.75, 3.05) is 44.2 Å². The van der Waals surface area contributed by atoms with Crippen LogP contribution in [-0.2, 0) is 4.74 Å². The molecule has 0 saturated carbocycles. The smallest absolute Gasteiger partial charge is 0.157 e. The highest BCUT2D eigenvalue weighted by molar-refractivity contribution is 5.85. The molecule has 5 aromatic rings. The zero-order valence-corrected chi connectivity index (χ0v) is 23.2. The quantitative estimate of drug-likeness (QED) is 0.232. The van der Waals surface area contributed by atoms with E-state index < -0.39 is 0 Å². The fourth-order valence-electron chi connectivity index (χ4n) is 5.77. The summed E-state index contributed by atoms with van der Waals surface area (Å²) >= 11 is 0. The van der Waals surface area contributed by atoms with Gasteiger partial charge < -0.3 is 9.64 Å². The van der Waals surface area contributed by atoms with Gasteiger partial charge in [-0.15, -0.1) is 0 Å². The minimum Gasteiger partial charge on any atom is -0.367 e. The second-order valence-electron chi connectivity index (χ2n) is 10.8. The standard InChI is InChI=1S/C34H35N5O/c1-25(2)28-23-32(39-31-16-10-9-15-30(31)36-34(39)29(28)24-35)38-19-17-37(18-20-38)21-22-40-33(26-11-5-3-6-12-26)27-13-7-4-8-14-27/h3-16,23,25,33H,17-22H2,1-2H3. The molecule has 1 saturated heterocycles. The molecule has 0 spiro atoms. The fraction of sp³-hybridized carbons (Fsp3) is 0.294. The van der Waals surface area contributed by atoms with Gasteiger partial charge in [-0.05, 0) is 40.8 Å². The maximum absolute atomic E-state index is 10.1. The van der Waals surface area contributed by atoms with Gasteiger partial charge in [-0.2, -0.15) is 5.26 Å². The van der Waals surface area contributed by atoms with Crippen LogP contribution in [0.2, 0.25) is 0 Å². The van der Waals surface area contributed by atoms with Crippen LogP contribution in [0.25, 0.3) is 16.7 Å². The van der Waals surface area contributed by atoms with Gasteiger partial charge in [0.1, 0.15) is 18.0 Å². The van der Waals surface area contributed by atoms with Crippen molar-refractivity contribution in [2.24, 2.45) is 0 Å². The summed E-state index contributed by atoms with van der Waals surface area (Å²) in [6, 6.07) is 33.8. The Balaban J connectivity index is 1.18. The van der Waals surface area contributed by atoms with E-state index in [-0.39, 0.29) is 12.0 Å². The van der Waals surface area contributed by atoms with Gasteiger partial charge in [0.2, 0.25) is 0 Å². The van der Waals surface area contributed by atoms with Crippen molar-refractivity contribution in [2.45, 2.75) is 25.9 Å². The SMILES string of the molecule is CC(C)c1cc(N2CCN(CCOC(c3ccccc3)c3ccccc3)CC2)n2c(nc3ccccc32)c1C#N. The third-order valence-corrected chi connectivity index (χ3v) is 7.91. The predicted molar refractivity (Wildman–Crippen MR) is 161 cm³/mol. The van der Waals surface area contributed by atoms with Crippen molar-refractivity contribution < 1.29 is 4.74 Å². The molecule has 1 aliphatic rings. The van der Waals surface area contributed by atoms with Crippen LogP contribution in [0.3, 0.4) is 0 Å². The molecule has 0 aliphatic carbocycles. The van der Waals surface area contributed by atoms with Crippen LogP contribution in [-0.4, -0.2) is 53.6 Å². The lowest BCUT2D eigenvalue weighted by Crippen LogP contribution is -2.48. The first-order valence-electron chi connectivity index (χ1n) is 14.2. The zero-order valence-electron chi connectivity index (χ0n) is 23.2. The molecule has 202 valence electrons. The molecular formula is C34H35N5O. The highest BCUT2D eigenvalue weighted by Crippen LogP contribution is 2.33. The van der Waals surface area contributed by atoms with Crippen LogP contribution < -0.4 is 4.90 Å². The molecule has 0 amide bonds. The van der Waals surface area contributed by atoms with Crippen LogP contribution in [0.15, 0.2) is 91.0 Å². The van der Waals surface area contributed by atoms with E-state index in [0.29, 0.717) is 12.2 Å². The average molecular weight is 530 g/mol.